The summed E-state index contributed by atoms with van der Waals surface area (Å²) in [6, 6.07) is 20.5. The van der Waals surface area contributed by atoms with E-state index in [1.54, 1.807) is 0 Å². The summed E-state index contributed by atoms with van der Waals surface area (Å²) in [5.41, 5.74) is 7.00. The van der Waals surface area contributed by atoms with Crippen molar-refractivity contribution in [1.29, 1.82) is 0 Å². The van der Waals surface area contributed by atoms with Gasteiger partial charge >= 0.3 is 0 Å². The molecule has 0 radical (unpaired) electrons. The average Bonchev–Trinajstić information content (AvgIpc) is 3.13. The van der Waals surface area contributed by atoms with Crippen molar-refractivity contribution in [3.8, 4) is 11.3 Å². The largest absolute Gasteiger partial charge is 0.230 e. The van der Waals surface area contributed by atoms with Crippen molar-refractivity contribution in [2.24, 2.45) is 13.0 Å². The first-order valence-corrected chi connectivity index (χ1v) is 12.8. The molecule has 2 heteroatoms. The van der Waals surface area contributed by atoms with Crippen LogP contribution in [0.4, 0.5) is 0 Å². The van der Waals surface area contributed by atoms with Crippen molar-refractivity contribution >= 4 is 42.3 Å². The van der Waals surface area contributed by atoms with E-state index in [2.05, 4.69) is 114 Å². The molecule has 0 spiro atoms. The second-order valence-corrected chi connectivity index (χ2v) is 12.0. The number of thiophene rings is 1. The SMILES string of the molecule is Cc1c(-c2c3sc4cccc(CC(C)C)c4c3cc[n+]2C)cc(C(C)(C)C)c2ccccc12. The zero-order valence-electron chi connectivity index (χ0n) is 20.9. The van der Waals surface area contributed by atoms with Crippen LogP contribution >= 0.6 is 11.3 Å². The van der Waals surface area contributed by atoms with Crippen LogP contribution in [0.25, 0.3) is 42.2 Å². The summed E-state index contributed by atoms with van der Waals surface area (Å²) in [7, 11) is 2.19. The van der Waals surface area contributed by atoms with Crippen LogP contribution in [0.3, 0.4) is 0 Å². The van der Waals surface area contributed by atoms with Gasteiger partial charge in [-0.2, -0.15) is 4.57 Å². The number of hydrogen-bond acceptors (Lipinski definition) is 1. The number of hydrogen-bond donors (Lipinski definition) is 0. The van der Waals surface area contributed by atoms with Gasteiger partial charge in [0.15, 0.2) is 6.20 Å². The predicted octanol–water partition coefficient (Wildman–Crippen LogP) is 8.50. The summed E-state index contributed by atoms with van der Waals surface area (Å²) in [5.74, 6) is 0.641. The minimum Gasteiger partial charge on any atom is -0.200 e. The fraction of sp³-hybridized carbons (Fsp3) is 0.323. The Morgan fingerprint density at radius 1 is 0.909 bits per heavy atom. The maximum atomic E-state index is 2.46. The van der Waals surface area contributed by atoms with E-state index < -0.39 is 0 Å². The quantitative estimate of drug-likeness (QED) is 0.242. The molecule has 0 saturated heterocycles. The van der Waals surface area contributed by atoms with Crippen molar-refractivity contribution in [3.05, 3.63) is 77.5 Å². The molecule has 0 fully saturated rings. The van der Waals surface area contributed by atoms with Crippen LogP contribution in [0.15, 0.2) is 60.8 Å². The Kier molecular flexibility index (Phi) is 5.33. The number of nitrogens with zero attached hydrogens (tertiary/aromatic N) is 1. The normalized spacial score (nSPS) is 12.5. The molecule has 0 unspecified atom stereocenters. The first-order valence-electron chi connectivity index (χ1n) is 12.0. The lowest BCUT2D eigenvalue weighted by Gasteiger charge is -2.24. The molecule has 2 heterocycles. The zero-order chi connectivity index (χ0) is 23.5. The number of rotatable bonds is 3. The van der Waals surface area contributed by atoms with Gasteiger partial charge < -0.3 is 0 Å². The van der Waals surface area contributed by atoms with E-state index in [0.29, 0.717) is 5.92 Å². The van der Waals surface area contributed by atoms with Gasteiger partial charge in [-0.15, -0.1) is 11.3 Å². The minimum absolute atomic E-state index is 0.0686. The number of aromatic nitrogens is 1. The second kappa shape index (κ2) is 7.95. The molecule has 0 aliphatic rings. The molecule has 0 amide bonds. The first kappa shape index (κ1) is 22.1. The highest BCUT2D eigenvalue weighted by Gasteiger charge is 2.26. The van der Waals surface area contributed by atoms with Crippen LogP contribution in [0.2, 0.25) is 0 Å². The van der Waals surface area contributed by atoms with Crippen LogP contribution in [0.1, 0.15) is 51.3 Å². The summed E-state index contributed by atoms with van der Waals surface area (Å²) in [5, 5.41) is 5.57. The third-order valence-electron chi connectivity index (χ3n) is 6.88. The van der Waals surface area contributed by atoms with Crippen LogP contribution < -0.4 is 4.57 Å². The van der Waals surface area contributed by atoms with Crippen molar-refractivity contribution in [2.45, 2.75) is 53.4 Å². The van der Waals surface area contributed by atoms with Crippen molar-refractivity contribution in [1.82, 2.24) is 0 Å². The van der Waals surface area contributed by atoms with Gasteiger partial charge in [0.25, 0.3) is 0 Å². The molecule has 5 rings (SSSR count). The van der Waals surface area contributed by atoms with Crippen LogP contribution in [-0.2, 0) is 18.9 Å². The number of pyridine rings is 1. The molecular weight excluding hydrogens is 418 g/mol. The third-order valence-corrected chi connectivity index (χ3v) is 8.05. The highest BCUT2D eigenvalue weighted by atomic mass is 32.1. The Bertz CT molecular complexity index is 1510. The molecule has 0 atom stereocenters. The zero-order valence-corrected chi connectivity index (χ0v) is 21.7. The highest BCUT2D eigenvalue weighted by Crippen LogP contribution is 2.43. The molecule has 0 saturated carbocycles. The van der Waals surface area contributed by atoms with Gasteiger partial charge in [0.2, 0.25) is 5.69 Å². The molecule has 2 aromatic heterocycles. The van der Waals surface area contributed by atoms with E-state index in [1.165, 1.54) is 58.9 Å². The van der Waals surface area contributed by atoms with E-state index in [1.807, 2.05) is 11.3 Å². The molecule has 0 aliphatic carbocycles. The first-order chi connectivity index (χ1) is 15.7. The molecule has 0 bridgehead atoms. The Balaban J connectivity index is 1.90. The van der Waals surface area contributed by atoms with Crippen molar-refractivity contribution < 1.29 is 4.57 Å². The van der Waals surface area contributed by atoms with Gasteiger partial charge in [0, 0.05) is 21.5 Å². The lowest BCUT2D eigenvalue weighted by Crippen LogP contribution is -2.30. The predicted molar refractivity (Wildman–Crippen MR) is 145 cm³/mol. The molecular formula is C31H34NS+. The minimum atomic E-state index is 0.0686. The van der Waals surface area contributed by atoms with Gasteiger partial charge in [0.05, 0.1) is 5.56 Å². The maximum absolute atomic E-state index is 2.46. The standard InChI is InChI=1S/C31H34NS/c1-19(2)17-21-11-10-14-27-28(21)24-15-16-32(7)29(30(24)33-27)25-18-26(31(4,5)6)23-13-9-8-12-22(23)20(25)3/h8-16,18-19H,17H2,1-7H3/q+1. The number of fused-ring (bicyclic) bond motifs is 4. The summed E-state index contributed by atoms with van der Waals surface area (Å²) < 4.78 is 5.11. The Labute approximate surface area is 201 Å². The highest BCUT2D eigenvalue weighted by molar-refractivity contribution is 7.26. The Hall–Kier alpha value is -2.71. The lowest BCUT2D eigenvalue weighted by atomic mass is 9.80. The summed E-state index contributed by atoms with van der Waals surface area (Å²) >= 11 is 1.95. The monoisotopic (exact) mass is 452 g/mol. The summed E-state index contributed by atoms with van der Waals surface area (Å²) in [6.45, 7) is 13.9. The number of benzene rings is 3. The average molecular weight is 453 g/mol. The van der Waals surface area contributed by atoms with E-state index in [-0.39, 0.29) is 5.41 Å². The molecule has 3 aromatic carbocycles. The molecule has 168 valence electrons. The van der Waals surface area contributed by atoms with Crippen LogP contribution in [0, 0.1) is 12.8 Å². The van der Waals surface area contributed by atoms with E-state index in [4.69, 9.17) is 0 Å². The summed E-state index contributed by atoms with van der Waals surface area (Å²) in [4.78, 5) is 0. The lowest BCUT2D eigenvalue weighted by molar-refractivity contribution is -0.659. The molecule has 5 aromatic rings. The van der Waals surface area contributed by atoms with Gasteiger partial charge in [-0.1, -0.05) is 71.0 Å². The van der Waals surface area contributed by atoms with Gasteiger partial charge in [-0.05, 0) is 64.3 Å². The number of aryl methyl sites for hydroxylation is 2. The molecule has 0 aliphatic heterocycles. The van der Waals surface area contributed by atoms with Crippen LogP contribution in [0.5, 0.6) is 0 Å². The fourth-order valence-corrected chi connectivity index (χ4v) is 6.65. The van der Waals surface area contributed by atoms with E-state index in [9.17, 15) is 0 Å². The van der Waals surface area contributed by atoms with Crippen molar-refractivity contribution in [3.63, 3.8) is 0 Å². The van der Waals surface area contributed by atoms with E-state index in [0.717, 1.165) is 6.42 Å². The Morgan fingerprint density at radius 2 is 1.64 bits per heavy atom. The molecule has 33 heavy (non-hydrogen) atoms. The smallest absolute Gasteiger partial charge is 0.200 e. The fourth-order valence-electron chi connectivity index (χ4n) is 5.31. The van der Waals surface area contributed by atoms with Crippen molar-refractivity contribution in [2.75, 3.05) is 0 Å². The van der Waals surface area contributed by atoms with E-state index >= 15 is 0 Å². The second-order valence-electron chi connectivity index (χ2n) is 10.9. The summed E-state index contributed by atoms with van der Waals surface area (Å²) in [6.07, 6.45) is 3.37. The molecule has 0 N–H and O–H groups in total. The Morgan fingerprint density at radius 3 is 2.33 bits per heavy atom. The van der Waals surface area contributed by atoms with Crippen LogP contribution in [-0.4, -0.2) is 0 Å². The molecule has 1 nitrogen and oxygen atoms in total. The topological polar surface area (TPSA) is 3.88 Å². The van der Waals surface area contributed by atoms with Gasteiger partial charge in [-0.3, -0.25) is 0 Å². The van der Waals surface area contributed by atoms with Gasteiger partial charge in [0.1, 0.15) is 11.7 Å². The van der Waals surface area contributed by atoms with Gasteiger partial charge in [-0.25, -0.2) is 0 Å². The third kappa shape index (κ3) is 3.65. The maximum Gasteiger partial charge on any atom is 0.230 e.